The zero-order valence-electron chi connectivity index (χ0n) is 14.7. The van der Waals surface area contributed by atoms with E-state index in [1.54, 1.807) is 10.7 Å². The number of para-hydroxylation sites is 2. The largest absolute Gasteiger partial charge is 0.423 e. The zero-order chi connectivity index (χ0) is 17.5. The van der Waals surface area contributed by atoms with Crippen molar-refractivity contribution < 1.29 is 4.42 Å². The van der Waals surface area contributed by atoms with Gasteiger partial charge in [-0.05, 0) is 56.2 Å². The van der Waals surface area contributed by atoms with Gasteiger partial charge < -0.3 is 9.32 Å². The summed E-state index contributed by atoms with van der Waals surface area (Å²) in [5.74, 6) is 0. The number of aryl methyl sites for hydroxylation is 2. The summed E-state index contributed by atoms with van der Waals surface area (Å²) in [6.45, 7) is 1.49. The Bertz CT molecular complexity index is 973. The van der Waals surface area contributed by atoms with Crippen molar-refractivity contribution in [2.24, 2.45) is 0 Å². The quantitative estimate of drug-likeness (QED) is 0.727. The van der Waals surface area contributed by atoms with Gasteiger partial charge in [-0.15, -0.1) is 0 Å². The molecule has 0 radical (unpaired) electrons. The third-order valence-electron chi connectivity index (χ3n) is 5.56. The fourth-order valence-electron chi connectivity index (χ4n) is 4.19. The number of rotatable bonds is 3. The molecule has 1 saturated heterocycles. The molecule has 0 N–H and O–H groups in total. The fraction of sp³-hybridized carbons (Fsp3) is 0.450. The van der Waals surface area contributed by atoms with Crippen molar-refractivity contribution in [3.8, 4) is 0 Å². The Hall–Kier alpha value is -2.63. The summed E-state index contributed by atoms with van der Waals surface area (Å²) in [4.78, 5) is 19.3. The van der Waals surface area contributed by atoms with Gasteiger partial charge in [-0.25, -0.2) is 4.68 Å². The van der Waals surface area contributed by atoms with Crippen LogP contribution in [0.1, 0.15) is 36.9 Å². The van der Waals surface area contributed by atoms with Gasteiger partial charge in [0.15, 0.2) is 5.58 Å². The summed E-state index contributed by atoms with van der Waals surface area (Å²) < 4.78 is 7.60. The molecular weight excluding hydrogens is 328 g/mol. The van der Waals surface area contributed by atoms with E-state index in [2.05, 4.69) is 15.0 Å². The van der Waals surface area contributed by atoms with E-state index < -0.39 is 0 Å². The van der Waals surface area contributed by atoms with Crippen LogP contribution in [0.4, 0.5) is 6.01 Å². The van der Waals surface area contributed by atoms with E-state index in [-0.39, 0.29) is 11.6 Å². The monoisotopic (exact) mass is 350 g/mol. The smallest absolute Gasteiger partial charge is 0.298 e. The normalized spacial score (nSPS) is 19.8. The van der Waals surface area contributed by atoms with Crippen molar-refractivity contribution in [3.63, 3.8) is 0 Å². The number of fused-ring (bicyclic) bond motifs is 2. The highest BCUT2D eigenvalue weighted by Gasteiger charge is 2.29. The van der Waals surface area contributed by atoms with Crippen LogP contribution < -0.4 is 10.5 Å². The Morgan fingerprint density at radius 1 is 1.15 bits per heavy atom. The third-order valence-corrected chi connectivity index (χ3v) is 5.56. The summed E-state index contributed by atoms with van der Waals surface area (Å²) in [7, 11) is 0. The highest BCUT2D eigenvalue weighted by Crippen LogP contribution is 2.29. The van der Waals surface area contributed by atoms with Crippen molar-refractivity contribution >= 4 is 17.1 Å². The fourth-order valence-corrected chi connectivity index (χ4v) is 4.19. The van der Waals surface area contributed by atoms with E-state index in [4.69, 9.17) is 4.42 Å². The molecule has 1 aromatic carbocycles. The molecule has 6 heteroatoms. The number of benzene rings is 1. The van der Waals surface area contributed by atoms with Crippen molar-refractivity contribution in [3.05, 3.63) is 51.9 Å². The lowest BCUT2D eigenvalue weighted by atomic mass is 9.97. The molecule has 0 amide bonds. The SMILES string of the molecule is O=c1cc2c(nn1CC1CCCN1c1nc3ccccc3o1)CCCC2. The molecule has 1 fully saturated rings. The van der Waals surface area contributed by atoms with Crippen LogP contribution in [0.5, 0.6) is 0 Å². The Balaban J connectivity index is 1.43. The van der Waals surface area contributed by atoms with Gasteiger partial charge in [0, 0.05) is 12.6 Å². The molecule has 26 heavy (non-hydrogen) atoms. The van der Waals surface area contributed by atoms with Gasteiger partial charge in [0.1, 0.15) is 5.52 Å². The molecule has 6 nitrogen and oxygen atoms in total. The number of hydrogen-bond acceptors (Lipinski definition) is 5. The van der Waals surface area contributed by atoms with Gasteiger partial charge in [0.05, 0.1) is 18.3 Å². The van der Waals surface area contributed by atoms with Gasteiger partial charge in [0.2, 0.25) is 0 Å². The predicted molar refractivity (Wildman–Crippen MR) is 99.5 cm³/mol. The van der Waals surface area contributed by atoms with E-state index in [1.807, 2.05) is 24.3 Å². The van der Waals surface area contributed by atoms with E-state index in [9.17, 15) is 4.79 Å². The molecule has 1 unspecified atom stereocenters. The molecule has 1 aliphatic carbocycles. The molecule has 0 saturated carbocycles. The molecule has 0 spiro atoms. The van der Waals surface area contributed by atoms with E-state index in [0.717, 1.165) is 67.4 Å². The first-order chi connectivity index (χ1) is 12.8. The van der Waals surface area contributed by atoms with E-state index >= 15 is 0 Å². The molecular formula is C20H22N4O2. The van der Waals surface area contributed by atoms with Crippen LogP contribution in [0.2, 0.25) is 0 Å². The van der Waals surface area contributed by atoms with Crippen LogP contribution in [0, 0.1) is 0 Å². The summed E-state index contributed by atoms with van der Waals surface area (Å²) in [5.41, 5.74) is 3.92. The molecule has 5 rings (SSSR count). The highest BCUT2D eigenvalue weighted by atomic mass is 16.4. The first-order valence-electron chi connectivity index (χ1n) is 9.50. The lowest BCUT2D eigenvalue weighted by Gasteiger charge is -2.24. The van der Waals surface area contributed by atoms with E-state index in [0.29, 0.717) is 12.6 Å². The topological polar surface area (TPSA) is 64.2 Å². The van der Waals surface area contributed by atoms with Gasteiger partial charge >= 0.3 is 0 Å². The Morgan fingerprint density at radius 2 is 2.04 bits per heavy atom. The van der Waals surface area contributed by atoms with Crippen LogP contribution >= 0.6 is 0 Å². The number of hydrogen-bond donors (Lipinski definition) is 0. The molecule has 1 aliphatic heterocycles. The van der Waals surface area contributed by atoms with E-state index in [1.165, 1.54) is 0 Å². The lowest BCUT2D eigenvalue weighted by Crippen LogP contribution is -2.38. The average Bonchev–Trinajstić information content (AvgIpc) is 3.28. The maximum atomic E-state index is 12.5. The first-order valence-corrected chi connectivity index (χ1v) is 9.50. The third kappa shape index (κ3) is 2.69. The van der Waals surface area contributed by atoms with Gasteiger partial charge in [0.25, 0.3) is 11.6 Å². The van der Waals surface area contributed by atoms with Crippen molar-refractivity contribution in [1.29, 1.82) is 0 Å². The molecule has 0 bridgehead atoms. The number of nitrogens with zero attached hydrogens (tertiary/aromatic N) is 4. The maximum Gasteiger partial charge on any atom is 0.298 e. The molecule has 1 atom stereocenters. The van der Waals surface area contributed by atoms with Crippen LogP contribution in [0.3, 0.4) is 0 Å². The second kappa shape index (κ2) is 6.27. The predicted octanol–water partition coefficient (Wildman–Crippen LogP) is 2.93. The van der Waals surface area contributed by atoms with Crippen LogP contribution in [0.25, 0.3) is 11.1 Å². The molecule has 2 aromatic heterocycles. The summed E-state index contributed by atoms with van der Waals surface area (Å²) in [6.07, 6.45) is 6.38. The molecule has 3 aromatic rings. The summed E-state index contributed by atoms with van der Waals surface area (Å²) in [6, 6.07) is 10.5. The number of aromatic nitrogens is 3. The Labute approximate surface area is 151 Å². The van der Waals surface area contributed by atoms with Crippen molar-refractivity contribution in [2.75, 3.05) is 11.4 Å². The Kier molecular flexibility index (Phi) is 3.76. The minimum Gasteiger partial charge on any atom is -0.423 e. The summed E-state index contributed by atoms with van der Waals surface area (Å²) >= 11 is 0. The van der Waals surface area contributed by atoms with Gasteiger partial charge in [-0.3, -0.25) is 4.79 Å². The highest BCUT2D eigenvalue weighted by molar-refractivity contribution is 5.74. The number of anilines is 1. The van der Waals surface area contributed by atoms with Crippen LogP contribution in [0.15, 0.2) is 39.5 Å². The van der Waals surface area contributed by atoms with Gasteiger partial charge in [-0.2, -0.15) is 10.1 Å². The van der Waals surface area contributed by atoms with Crippen LogP contribution in [-0.2, 0) is 19.4 Å². The van der Waals surface area contributed by atoms with Crippen LogP contribution in [-0.4, -0.2) is 27.4 Å². The number of oxazole rings is 1. The minimum absolute atomic E-state index is 0.00932. The second-order valence-electron chi connectivity index (χ2n) is 7.30. The van der Waals surface area contributed by atoms with Crippen molar-refractivity contribution in [1.82, 2.24) is 14.8 Å². The average molecular weight is 350 g/mol. The first kappa shape index (κ1) is 15.6. The minimum atomic E-state index is 0.00932. The maximum absolute atomic E-state index is 12.5. The molecule has 3 heterocycles. The Morgan fingerprint density at radius 3 is 2.96 bits per heavy atom. The second-order valence-corrected chi connectivity index (χ2v) is 7.30. The molecule has 134 valence electrons. The van der Waals surface area contributed by atoms with Gasteiger partial charge in [-0.1, -0.05) is 12.1 Å². The van der Waals surface area contributed by atoms with Crippen molar-refractivity contribution in [2.45, 2.75) is 51.1 Å². The summed E-state index contributed by atoms with van der Waals surface area (Å²) in [5, 5.41) is 4.67. The molecule has 2 aliphatic rings. The standard InChI is InChI=1S/C20H22N4O2/c25-19-12-14-6-1-2-8-16(14)22-24(19)13-15-7-5-11-23(15)20-21-17-9-3-4-10-18(17)26-20/h3-4,9-10,12,15H,1-2,5-8,11,13H2. The zero-order valence-corrected chi connectivity index (χ0v) is 14.7. The lowest BCUT2D eigenvalue weighted by molar-refractivity contribution is 0.455.